The van der Waals surface area contributed by atoms with Crippen molar-refractivity contribution in [3.8, 4) is 0 Å². The van der Waals surface area contributed by atoms with Gasteiger partial charge in [-0.25, -0.2) is 0 Å². The molecule has 1 N–H and O–H groups in total. The molecule has 0 aliphatic carbocycles. The summed E-state index contributed by atoms with van der Waals surface area (Å²) in [6, 6.07) is 15.8. The molecular formula is C23H25N3O2S. The van der Waals surface area contributed by atoms with E-state index in [4.69, 9.17) is 12.2 Å². The molecule has 5 nitrogen and oxygen atoms in total. The first kappa shape index (κ1) is 19.6. The van der Waals surface area contributed by atoms with Gasteiger partial charge in [0.2, 0.25) is 5.91 Å². The van der Waals surface area contributed by atoms with Gasteiger partial charge in [-0.15, -0.1) is 0 Å². The number of aromatic nitrogens is 2. The Morgan fingerprint density at radius 1 is 1.00 bits per heavy atom. The van der Waals surface area contributed by atoms with E-state index >= 15 is 0 Å². The maximum Gasteiger partial charge on any atom is 0.262 e. The van der Waals surface area contributed by atoms with Crippen LogP contribution in [0.2, 0.25) is 0 Å². The van der Waals surface area contributed by atoms with Crippen molar-refractivity contribution in [2.24, 2.45) is 0 Å². The average Bonchev–Trinajstić information content (AvgIpc) is 2.75. The highest BCUT2D eigenvalue weighted by Crippen LogP contribution is 2.19. The molecule has 0 unspecified atom stereocenters. The molecule has 1 aromatic heterocycles. The topological polar surface area (TPSA) is 58.1 Å². The van der Waals surface area contributed by atoms with Gasteiger partial charge in [-0.1, -0.05) is 42.8 Å². The molecule has 29 heavy (non-hydrogen) atoms. The lowest BCUT2D eigenvalue weighted by Gasteiger charge is -2.29. The van der Waals surface area contributed by atoms with E-state index < -0.39 is 0 Å². The maximum atomic E-state index is 12.6. The molecule has 0 bridgehead atoms. The van der Waals surface area contributed by atoms with Crippen LogP contribution in [0, 0.1) is 4.77 Å². The molecule has 0 spiro atoms. The number of hydrogen-bond acceptors (Lipinski definition) is 3. The molecule has 0 fully saturated rings. The van der Waals surface area contributed by atoms with E-state index in [0.717, 1.165) is 44.3 Å². The number of amides is 1. The van der Waals surface area contributed by atoms with Crippen LogP contribution in [-0.4, -0.2) is 26.9 Å². The largest absolute Gasteiger partial charge is 0.338 e. The van der Waals surface area contributed by atoms with E-state index in [0.29, 0.717) is 23.1 Å². The monoisotopic (exact) mass is 407 g/mol. The summed E-state index contributed by atoms with van der Waals surface area (Å²) in [6.45, 7) is 2.10. The Kier molecular flexibility index (Phi) is 5.90. The van der Waals surface area contributed by atoms with Gasteiger partial charge in [-0.3, -0.25) is 14.2 Å². The van der Waals surface area contributed by atoms with E-state index in [1.807, 2.05) is 35.2 Å². The number of hydrogen-bond donors (Lipinski definition) is 1. The smallest absolute Gasteiger partial charge is 0.262 e. The van der Waals surface area contributed by atoms with Gasteiger partial charge in [0.25, 0.3) is 5.56 Å². The quantitative estimate of drug-likeness (QED) is 0.492. The Bertz CT molecular complexity index is 1150. The zero-order valence-corrected chi connectivity index (χ0v) is 17.2. The van der Waals surface area contributed by atoms with E-state index in [1.165, 1.54) is 11.1 Å². The fourth-order valence-electron chi connectivity index (χ4n) is 3.99. The van der Waals surface area contributed by atoms with Crippen molar-refractivity contribution in [3.63, 3.8) is 0 Å². The van der Waals surface area contributed by atoms with E-state index in [-0.39, 0.29) is 11.5 Å². The first-order chi connectivity index (χ1) is 14.1. The van der Waals surface area contributed by atoms with Gasteiger partial charge in [0.1, 0.15) is 0 Å². The predicted molar refractivity (Wildman–Crippen MR) is 117 cm³/mol. The third-order valence-corrected chi connectivity index (χ3v) is 5.97. The van der Waals surface area contributed by atoms with Gasteiger partial charge in [-0.2, -0.15) is 0 Å². The summed E-state index contributed by atoms with van der Waals surface area (Å²) in [5.74, 6) is 0.222. The molecule has 2 heterocycles. The van der Waals surface area contributed by atoms with Gasteiger partial charge in [0.15, 0.2) is 4.77 Å². The minimum Gasteiger partial charge on any atom is -0.338 e. The fraction of sp³-hybridized carbons (Fsp3) is 0.348. The second-order valence-corrected chi connectivity index (χ2v) is 7.96. The highest BCUT2D eigenvalue weighted by molar-refractivity contribution is 7.71. The van der Waals surface area contributed by atoms with E-state index in [2.05, 4.69) is 23.2 Å². The Labute approximate surface area is 175 Å². The summed E-state index contributed by atoms with van der Waals surface area (Å²) in [6.07, 6.45) is 4.04. The third kappa shape index (κ3) is 4.32. The summed E-state index contributed by atoms with van der Waals surface area (Å²) in [5, 5.41) is 0.654. The lowest BCUT2D eigenvalue weighted by molar-refractivity contribution is -0.132. The Hall–Kier alpha value is -2.73. The second-order valence-electron chi connectivity index (χ2n) is 7.58. The predicted octanol–water partition coefficient (Wildman–Crippen LogP) is 4.20. The van der Waals surface area contributed by atoms with Gasteiger partial charge < -0.3 is 9.88 Å². The molecular weight excluding hydrogens is 382 g/mol. The fourth-order valence-corrected chi connectivity index (χ4v) is 4.28. The number of carbonyl (C=O) groups excluding carboxylic acids is 1. The Morgan fingerprint density at radius 2 is 1.76 bits per heavy atom. The van der Waals surface area contributed by atoms with Crippen LogP contribution in [0.4, 0.5) is 0 Å². The molecule has 6 heteroatoms. The van der Waals surface area contributed by atoms with Gasteiger partial charge in [0, 0.05) is 26.1 Å². The number of nitrogens with zero attached hydrogens (tertiary/aromatic N) is 2. The van der Waals surface area contributed by atoms with Crippen molar-refractivity contribution < 1.29 is 4.79 Å². The van der Waals surface area contributed by atoms with Crippen molar-refractivity contribution in [2.45, 2.75) is 45.2 Å². The van der Waals surface area contributed by atoms with Crippen LogP contribution in [0.3, 0.4) is 0 Å². The van der Waals surface area contributed by atoms with Gasteiger partial charge in [-0.05, 0) is 54.7 Å². The maximum absolute atomic E-state index is 12.6. The standard InChI is InChI=1S/C23H25N3O2S/c27-21(25-15-13-17-8-3-4-9-18(17)16-25)12-2-1-7-14-26-22(28)19-10-5-6-11-20(19)24-23(26)29/h3-6,8-11H,1-2,7,12-16H2,(H,24,29). The summed E-state index contributed by atoms with van der Waals surface area (Å²) >= 11 is 5.35. The van der Waals surface area contributed by atoms with Crippen molar-refractivity contribution in [1.82, 2.24) is 14.5 Å². The molecule has 150 valence electrons. The minimum absolute atomic E-state index is 0.0487. The van der Waals surface area contributed by atoms with Crippen molar-refractivity contribution in [3.05, 3.63) is 74.8 Å². The lowest BCUT2D eigenvalue weighted by atomic mass is 9.99. The van der Waals surface area contributed by atoms with Crippen LogP contribution < -0.4 is 5.56 Å². The molecule has 0 saturated carbocycles. The molecule has 1 aliphatic rings. The number of rotatable bonds is 6. The van der Waals surface area contributed by atoms with Gasteiger partial charge in [0.05, 0.1) is 10.9 Å². The van der Waals surface area contributed by atoms with Crippen LogP contribution >= 0.6 is 12.2 Å². The van der Waals surface area contributed by atoms with Crippen LogP contribution in [0.15, 0.2) is 53.3 Å². The molecule has 0 radical (unpaired) electrons. The van der Waals surface area contributed by atoms with Crippen molar-refractivity contribution in [1.29, 1.82) is 0 Å². The number of unbranched alkanes of at least 4 members (excludes halogenated alkanes) is 2. The first-order valence-corrected chi connectivity index (χ1v) is 10.6. The average molecular weight is 408 g/mol. The molecule has 4 rings (SSSR count). The molecule has 0 saturated heterocycles. The number of nitrogens with one attached hydrogen (secondary N) is 1. The van der Waals surface area contributed by atoms with Crippen LogP contribution in [0.25, 0.3) is 10.9 Å². The molecule has 1 aliphatic heterocycles. The number of H-pyrrole nitrogens is 1. The first-order valence-electron chi connectivity index (χ1n) is 10.2. The van der Waals surface area contributed by atoms with E-state index in [9.17, 15) is 9.59 Å². The number of para-hydroxylation sites is 1. The lowest BCUT2D eigenvalue weighted by Crippen LogP contribution is -2.35. The second kappa shape index (κ2) is 8.74. The summed E-state index contributed by atoms with van der Waals surface area (Å²) in [7, 11) is 0. The molecule has 0 atom stereocenters. The molecule has 3 aromatic rings. The van der Waals surface area contributed by atoms with Crippen molar-refractivity contribution >= 4 is 29.0 Å². The summed E-state index contributed by atoms with van der Waals surface area (Å²) in [5.41, 5.74) is 3.34. The zero-order chi connectivity index (χ0) is 20.2. The number of fused-ring (bicyclic) bond motifs is 2. The normalized spacial score (nSPS) is 13.4. The minimum atomic E-state index is -0.0487. The number of aromatic amines is 1. The van der Waals surface area contributed by atoms with E-state index in [1.54, 1.807) is 4.57 Å². The van der Waals surface area contributed by atoms with Crippen LogP contribution in [-0.2, 0) is 24.3 Å². The summed E-state index contributed by atoms with van der Waals surface area (Å²) < 4.78 is 2.08. The number of carbonyl (C=O) groups is 1. The summed E-state index contributed by atoms with van der Waals surface area (Å²) in [4.78, 5) is 30.3. The Balaban J connectivity index is 1.28. The van der Waals surface area contributed by atoms with Crippen LogP contribution in [0.5, 0.6) is 0 Å². The third-order valence-electron chi connectivity index (χ3n) is 5.65. The molecule has 1 amide bonds. The SMILES string of the molecule is O=C(CCCCCn1c(=S)[nH]c2ccccc2c1=O)N1CCc2ccccc2C1. The number of benzene rings is 2. The van der Waals surface area contributed by atoms with Crippen molar-refractivity contribution in [2.75, 3.05) is 6.54 Å². The highest BCUT2D eigenvalue weighted by atomic mass is 32.1. The highest BCUT2D eigenvalue weighted by Gasteiger charge is 2.19. The van der Waals surface area contributed by atoms with Crippen LogP contribution in [0.1, 0.15) is 36.8 Å². The molecule has 2 aromatic carbocycles. The Morgan fingerprint density at radius 3 is 2.62 bits per heavy atom. The van der Waals surface area contributed by atoms with Gasteiger partial charge >= 0.3 is 0 Å². The zero-order valence-electron chi connectivity index (χ0n) is 16.4.